The number of pyridine rings is 1. The molecule has 1 aromatic carbocycles. The Labute approximate surface area is 156 Å². The van der Waals surface area contributed by atoms with Gasteiger partial charge < -0.3 is 4.57 Å². The minimum atomic E-state index is -3.78. The van der Waals surface area contributed by atoms with Gasteiger partial charge in [0.2, 0.25) is 0 Å². The van der Waals surface area contributed by atoms with Gasteiger partial charge in [0, 0.05) is 25.7 Å². The highest BCUT2D eigenvalue weighted by atomic mass is 32.2. The van der Waals surface area contributed by atoms with E-state index < -0.39 is 10.0 Å². The Kier molecular flexibility index (Phi) is 3.96. The molecule has 4 aromatic rings. The number of imidazole rings is 1. The number of nitrogens with one attached hydrogen (secondary N) is 1. The van der Waals surface area contributed by atoms with Crippen molar-refractivity contribution in [1.82, 2.24) is 24.3 Å². The summed E-state index contributed by atoms with van der Waals surface area (Å²) in [5.41, 5.74) is 2.67. The summed E-state index contributed by atoms with van der Waals surface area (Å²) in [6.45, 7) is 1.89. The molecule has 3 heterocycles. The van der Waals surface area contributed by atoms with Crippen molar-refractivity contribution in [2.75, 3.05) is 4.72 Å². The molecule has 0 radical (unpaired) electrons. The molecule has 8 nitrogen and oxygen atoms in total. The van der Waals surface area contributed by atoms with Gasteiger partial charge in [0.05, 0.1) is 35.0 Å². The van der Waals surface area contributed by atoms with E-state index in [1.165, 1.54) is 12.3 Å². The number of hydrogen-bond donors (Lipinski definition) is 1. The third-order valence-electron chi connectivity index (χ3n) is 4.53. The maximum atomic E-state index is 12.8. The van der Waals surface area contributed by atoms with Crippen molar-refractivity contribution in [3.05, 3.63) is 54.7 Å². The summed E-state index contributed by atoms with van der Waals surface area (Å²) >= 11 is 0. The van der Waals surface area contributed by atoms with E-state index in [0.29, 0.717) is 11.4 Å². The molecule has 0 aliphatic carbocycles. The third-order valence-corrected chi connectivity index (χ3v) is 5.89. The van der Waals surface area contributed by atoms with Crippen LogP contribution in [-0.2, 0) is 24.1 Å². The first-order chi connectivity index (χ1) is 12.9. The van der Waals surface area contributed by atoms with E-state index in [9.17, 15) is 8.42 Å². The Morgan fingerprint density at radius 1 is 1.00 bits per heavy atom. The normalized spacial score (nSPS) is 11.8. The van der Waals surface area contributed by atoms with Crippen LogP contribution in [0.25, 0.3) is 22.3 Å². The van der Waals surface area contributed by atoms with Gasteiger partial charge in [-0.15, -0.1) is 0 Å². The van der Waals surface area contributed by atoms with Gasteiger partial charge >= 0.3 is 0 Å². The standard InChI is InChI=1S/C18H18N6O2S/c1-12-19-11-17(23(12)2)15-8-7-14(10-20-15)27(25,26)22-16-6-4-5-13-9-21-24(3)18(13)16/h4-11,22H,1-3H3. The number of nitrogens with zero attached hydrogens (tertiary/aromatic N) is 5. The number of benzene rings is 1. The highest BCUT2D eigenvalue weighted by molar-refractivity contribution is 7.92. The molecule has 0 fully saturated rings. The van der Waals surface area contributed by atoms with Crippen LogP contribution < -0.4 is 4.72 Å². The molecule has 0 aliphatic rings. The average Bonchev–Trinajstić information content (AvgIpc) is 3.19. The maximum Gasteiger partial charge on any atom is 0.263 e. The van der Waals surface area contributed by atoms with E-state index in [4.69, 9.17) is 0 Å². The predicted octanol–water partition coefficient (Wildman–Crippen LogP) is 2.48. The van der Waals surface area contributed by atoms with Gasteiger partial charge in [-0.2, -0.15) is 5.10 Å². The summed E-state index contributed by atoms with van der Waals surface area (Å²) in [6, 6.07) is 8.59. The fourth-order valence-corrected chi connectivity index (χ4v) is 3.96. The van der Waals surface area contributed by atoms with Crippen LogP contribution in [0.1, 0.15) is 5.82 Å². The summed E-state index contributed by atoms with van der Waals surface area (Å²) in [4.78, 5) is 8.63. The quantitative estimate of drug-likeness (QED) is 0.585. The zero-order chi connectivity index (χ0) is 19.2. The number of para-hydroxylation sites is 1. The van der Waals surface area contributed by atoms with Crippen LogP contribution in [0.2, 0.25) is 0 Å². The van der Waals surface area contributed by atoms with Crippen LogP contribution in [0, 0.1) is 6.92 Å². The van der Waals surface area contributed by atoms with Crippen LogP contribution in [0.5, 0.6) is 0 Å². The lowest BCUT2D eigenvalue weighted by Gasteiger charge is -2.10. The number of anilines is 1. The second-order valence-electron chi connectivity index (χ2n) is 6.25. The molecule has 0 amide bonds. The minimum absolute atomic E-state index is 0.0873. The van der Waals surface area contributed by atoms with Crippen molar-refractivity contribution in [1.29, 1.82) is 0 Å². The molecule has 1 N–H and O–H groups in total. The molecule has 0 bridgehead atoms. The molecule has 0 saturated carbocycles. The molecule has 4 rings (SSSR count). The largest absolute Gasteiger partial charge is 0.330 e. The summed E-state index contributed by atoms with van der Waals surface area (Å²) in [6.07, 6.45) is 4.76. The first kappa shape index (κ1) is 17.2. The van der Waals surface area contributed by atoms with Crippen molar-refractivity contribution in [3.63, 3.8) is 0 Å². The van der Waals surface area contributed by atoms with Crippen molar-refractivity contribution in [3.8, 4) is 11.4 Å². The van der Waals surface area contributed by atoms with Crippen molar-refractivity contribution in [2.45, 2.75) is 11.8 Å². The third kappa shape index (κ3) is 2.95. The van der Waals surface area contributed by atoms with E-state index in [-0.39, 0.29) is 4.90 Å². The second-order valence-corrected chi connectivity index (χ2v) is 7.93. The van der Waals surface area contributed by atoms with Gasteiger partial charge in [-0.05, 0) is 25.1 Å². The molecule has 0 unspecified atom stereocenters. The summed E-state index contributed by atoms with van der Waals surface area (Å²) in [7, 11) is -0.120. The van der Waals surface area contributed by atoms with Gasteiger partial charge in [-0.3, -0.25) is 14.4 Å². The van der Waals surface area contributed by atoms with Gasteiger partial charge in [-0.25, -0.2) is 13.4 Å². The topological polar surface area (TPSA) is 94.7 Å². The lowest BCUT2D eigenvalue weighted by atomic mass is 10.2. The van der Waals surface area contributed by atoms with E-state index in [2.05, 4.69) is 19.8 Å². The van der Waals surface area contributed by atoms with Gasteiger partial charge in [-0.1, -0.05) is 12.1 Å². The monoisotopic (exact) mass is 382 g/mol. The van der Waals surface area contributed by atoms with Crippen LogP contribution in [0.4, 0.5) is 5.69 Å². The Bertz CT molecular complexity index is 1240. The lowest BCUT2D eigenvalue weighted by molar-refractivity contribution is 0.601. The molecule has 138 valence electrons. The molecular formula is C18H18N6O2S. The van der Waals surface area contributed by atoms with Crippen LogP contribution in [-0.4, -0.2) is 32.7 Å². The van der Waals surface area contributed by atoms with Crippen LogP contribution in [0.15, 0.2) is 53.8 Å². The van der Waals surface area contributed by atoms with Crippen molar-refractivity contribution < 1.29 is 8.42 Å². The van der Waals surface area contributed by atoms with E-state index >= 15 is 0 Å². The number of aromatic nitrogens is 5. The van der Waals surface area contributed by atoms with E-state index in [0.717, 1.165) is 22.4 Å². The molecule has 27 heavy (non-hydrogen) atoms. The summed E-state index contributed by atoms with van der Waals surface area (Å²) in [5.74, 6) is 0.856. The number of sulfonamides is 1. The molecule has 0 aliphatic heterocycles. The Morgan fingerprint density at radius 3 is 2.48 bits per heavy atom. The lowest BCUT2D eigenvalue weighted by Crippen LogP contribution is -2.14. The van der Waals surface area contributed by atoms with E-state index in [1.54, 1.807) is 42.3 Å². The van der Waals surface area contributed by atoms with Gasteiger partial charge in [0.1, 0.15) is 10.7 Å². The molecule has 0 saturated heterocycles. The molecule has 9 heteroatoms. The minimum Gasteiger partial charge on any atom is -0.330 e. The average molecular weight is 382 g/mol. The summed E-state index contributed by atoms with van der Waals surface area (Å²) in [5, 5.41) is 5.03. The number of rotatable bonds is 4. The first-order valence-corrected chi connectivity index (χ1v) is 9.73. The number of aryl methyl sites for hydroxylation is 2. The summed E-state index contributed by atoms with van der Waals surface area (Å²) < 4.78 is 31.8. The zero-order valence-electron chi connectivity index (χ0n) is 15.1. The van der Waals surface area contributed by atoms with Gasteiger partial charge in [0.15, 0.2) is 0 Å². The molecule has 3 aromatic heterocycles. The highest BCUT2D eigenvalue weighted by Crippen LogP contribution is 2.26. The van der Waals surface area contributed by atoms with Crippen molar-refractivity contribution >= 4 is 26.6 Å². The fraction of sp³-hybridized carbons (Fsp3) is 0.167. The fourth-order valence-electron chi connectivity index (χ4n) is 2.95. The van der Waals surface area contributed by atoms with Crippen LogP contribution in [0.3, 0.4) is 0 Å². The Hall–Kier alpha value is -3.20. The SMILES string of the molecule is Cc1ncc(-c2ccc(S(=O)(=O)Nc3cccc4cnn(C)c34)cn2)n1C. The Balaban J connectivity index is 1.68. The van der Waals surface area contributed by atoms with Crippen LogP contribution >= 0.6 is 0 Å². The van der Waals surface area contributed by atoms with E-state index in [1.807, 2.05) is 24.6 Å². The molecule has 0 spiro atoms. The number of hydrogen-bond acceptors (Lipinski definition) is 5. The molecule has 0 atom stereocenters. The maximum absolute atomic E-state index is 12.8. The Morgan fingerprint density at radius 2 is 1.81 bits per heavy atom. The first-order valence-electron chi connectivity index (χ1n) is 8.25. The predicted molar refractivity (Wildman–Crippen MR) is 103 cm³/mol. The zero-order valence-corrected chi connectivity index (χ0v) is 15.9. The smallest absolute Gasteiger partial charge is 0.263 e. The molecular weight excluding hydrogens is 364 g/mol. The number of fused-ring (bicyclic) bond motifs is 1. The highest BCUT2D eigenvalue weighted by Gasteiger charge is 2.18. The second kappa shape index (κ2) is 6.20. The van der Waals surface area contributed by atoms with Gasteiger partial charge in [0.25, 0.3) is 10.0 Å². The van der Waals surface area contributed by atoms with Crippen molar-refractivity contribution in [2.24, 2.45) is 14.1 Å².